The Morgan fingerprint density at radius 3 is 2.59 bits per heavy atom. The topological polar surface area (TPSA) is 94.8 Å². The van der Waals surface area contributed by atoms with E-state index in [-0.39, 0.29) is 19.8 Å². The van der Waals surface area contributed by atoms with E-state index in [1.807, 2.05) is 32.0 Å². The van der Waals surface area contributed by atoms with Crippen molar-refractivity contribution in [2.24, 2.45) is 0 Å². The number of benzene rings is 2. The minimum atomic E-state index is -0.622. The zero-order chi connectivity index (χ0) is 20.8. The van der Waals surface area contributed by atoms with Gasteiger partial charge in [-0.15, -0.1) is 0 Å². The largest absolute Gasteiger partial charge is 0.484 e. The Morgan fingerprint density at radius 2 is 1.83 bits per heavy atom. The van der Waals surface area contributed by atoms with Crippen LogP contribution in [0.1, 0.15) is 16.7 Å². The van der Waals surface area contributed by atoms with Gasteiger partial charge in [0.1, 0.15) is 24.5 Å². The van der Waals surface area contributed by atoms with Crippen LogP contribution >= 0.6 is 0 Å². The molecule has 0 saturated carbocycles. The maximum atomic E-state index is 12.0. The fourth-order valence-electron chi connectivity index (χ4n) is 2.74. The summed E-state index contributed by atoms with van der Waals surface area (Å²) in [5, 5.41) is 3.14. The molecule has 1 N–H and O–H groups in total. The van der Waals surface area contributed by atoms with E-state index in [4.69, 9.17) is 13.9 Å². The maximum Gasteiger partial charge on any atom is 0.336 e. The molecule has 1 heterocycles. The lowest BCUT2D eigenvalue weighted by molar-refractivity contribution is -0.145. The van der Waals surface area contributed by atoms with Gasteiger partial charge < -0.3 is 19.2 Å². The number of hydrogen-bond donors (Lipinski definition) is 1. The quantitative estimate of drug-likeness (QED) is 0.488. The molecule has 7 nitrogen and oxygen atoms in total. The van der Waals surface area contributed by atoms with Crippen LogP contribution in [-0.2, 0) is 20.9 Å². The van der Waals surface area contributed by atoms with Gasteiger partial charge in [-0.2, -0.15) is 0 Å². The number of fused-ring (bicyclic) bond motifs is 1. The van der Waals surface area contributed by atoms with E-state index in [1.54, 1.807) is 24.3 Å². The lowest BCUT2D eigenvalue weighted by Gasteiger charge is -2.10. The van der Waals surface area contributed by atoms with Crippen LogP contribution in [-0.4, -0.2) is 25.0 Å². The van der Waals surface area contributed by atoms with E-state index < -0.39 is 17.5 Å². The summed E-state index contributed by atoms with van der Waals surface area (Å²) in [7, 11) is 0. The smallest absolute Gasteiger partial charge is 0.336 e. The van der Waals surface area contributed by atoms with E-state index in [2.05, 4.69) is 5.32 Å². The first kappa shape index (κ1) is 20.1. The van der Waals surface area contributed by atoms with Gasteiger partial charge in [0.2, 0.25) is 0 Å². The third-order valence-corrected chi connectivity index (χ3v) is 4.45. The first-order chi connectivity index (χ1) is 13.9. The van der Waals surface area contributed by atoms with Crippen LogP contribution in [0.2, 0.25) is 0 Å². The molecule has 1 aromatic heterocycles. The van der Waals surface area contributed by atoms with Crippen molar-refractivity contribution in [2.75, 3.05) is 13.2 Å². The lowest BCUT2D eigenvalue weighted by atomic mass is 10.0. The molecule has 0 atom stereocenters. The summed E-state index contributed by atoms with van der Waals surface area (Å²) in [4.78, 5) is 35.6. The Morgan fingerprint density at radius 1 is 1.07 bits per heavy atom. The van der Waals surface area contributed by atoms with Crippen molar-refractivity contribution in [3.05, 3.63) is 75.6 Å². The maximum absolute atomic E-state index is 12.0. The summed E-state index contributed by atoms with van der Waals surface area (Å²) in [5.41, 5.74) is 2.37. The Balaban J connectivity index is 1.54. The van der Waals surface area contributed by atoms with Crippen LogP contribution in [0.15, 0.2) is 57.7 Å². The highest BCUT2D eigenvalue weighted by atomic mass is 16.5. The van der Waals surface area contributed by atoms with E-state index in [1.165, 1.54) is 6.07 Å². The number of nitrogens with one attached hydrogen (secondary N) is 1. The number of rotatable bonds is 7. The molecule has 2 aromatic carbocycles. The number of ether oxygens (including phenoxy) is 2. The van der Waals surface area contributed by atoms with Gasteiger partial charge in [0.25, 0.3) is 5.91 Å². The van der Waals surface area contributed by atoms with Gasteiger partial charge in [-0.05, 0) is 37.1 Å². The second-order valence-corrected chi connectivity index (χ2v) is 6.51. The zero-order valence-electron chi connectivity index (χ0n) is 16.2. The monoisotopic (exact) mass is 395 g/mol. The van der Waals surface area contributed by atoms with Crippen LogP contribution in [0.5, 0.6) is 5.75 Å². The average molecular weight is 395 g/mol. The van der Waals surface area contributed by atoms with Crippen molar-refractivity contribution >= 4 is 22.8 Å². The number of hydrogen-bond acceptors (Lipinski definition) is 6. The summed E-state index contributed by atoms with van der Waals surface area (Å²) in [6.45, 7) is 3.18. The molecule has 0 unspecified atom stereocenters. The summed E-state index contributed by atoms with van der Waals surface area (Å²) in [5.74, 6) is -0.503. The minimum Gasteiger partial charge on any atom is -0.484 e. The average Bonchev–Trinajstić information content (AvgIpc) is 2.72. The third kappa shape index (κ3) is 5.22. The first-order valence-corrected chi connectivity index (χ1v) is 9.07. The number of carbonyl (C=O) groups is 2. The van der Waals surface area contributed by atoms with E-state index in [0.29, 0.717) is 22.3 Å². The molecule has 0 fully saturated rings. The Bertz CT molecular complexity index is 1090. The zero-order valence-corrected chi connectivity index (χ0v) is 16.2. The van der Waals surface area contributed by atoms with Crippen molar-refractivity contribution in [2.45, 2.75) is 20.5 Å². The number of aryl methyl sites for hydroxylation is 2. The van der Waals surface area contributed by atoms with Gasteiger partial charge in [0.05, 0.1) is 0 Å². The van der Waals surface area contributed by atoms with Crippen molar-refractivity contribution < 1.29 is 23.5 Å². The Labute approximate surface area is 167 Å². The molecule has 7 heteroatoms. The number of para-hydroxylation sites is 1. The van der Waals surface area contributed by atoms with Gasteiger partial charge in [-0.25, -0.2) is 4.79 Å². The molecule has 0 aliphatic rings. The second kappa shape index (κ2) is 9.05. The molecule has 1 amide bonds. The normalized spacial score (nSPS) is 10.6. The van der Waals surface area contributed by atoms with Gasteiger partial charge in [0, 0.05) is 17.0 Å². The van der Waals surface area contributed by atoms with E-state index >= 15 is 0 Å². The highest BCUT2D eigenvalue weighted by Gasteiger charge is 2.12. The molecule has 0 radical (unpaired) electrons. The highest BCUT2D eigenvalue weighted by molar-refractivity contribution is 5.85. The van der Waals surface area contributed by atoms with Crippen LogP contribution in [0.4, 0.5) is 0 Å². The van der Waals surface area contributed by atoms with Crippen LogP contribution in [0.3, 0.4) is 0 Å². The van der Waals surface area contributed by atoms with Gasteiger partial charge in [0.15, 0.2) is 6.61 Å². The molecule has 150 valence electrons. The fraction of sp³-hybridized carbons (Fsp3) is 0.227. The van der Waals surface area contributed by atoms with Gasteiger partial charge in [-0.1, -0.05) is 30.3 Å². The predicted octanol–water partition coefficient (Wildman–Crippen LogP) is 2.65. The van der Waals surface area contributed by atoms with Crippen molar-refractivity contribution in [3.8, 4) is 5.75 Å². The molecule has 29 heavy (non-hydrogen) atoms. The Kier molecular flexibility index (Phi) is 6.29. The molecular formula is C22H21NO6. The number of esters is 1. The Hall–Kier alpha value is -3.61. The molecule has 0 spiro atoms. The summed E-state index contributed by atoms with van der Waals surface area (Å²) >= 11 is 0. The minimum absolute atomic E-state index is 0.0974. The molecule has 0 bridgehead atoms. The van der Waals surface area contributed by atoms with Crippen LogP contribution < -0.4 is 15.7 Å². The molecule has 0 saturated heterocycles. The van der Waals surface area contributed by atoms with Crippen LogP contribution in [0, 0.1) is 13.8 Å². The molecule has 0 aliphatic carbocycles. The fourth-order valence-corrected chi connectivity index (χ4v) is 2.74. The van der Waals surface area contributed by atoms with Crippen molar-refractivity contribution in [1.82, 2.24) is 5.32 Å². The molecule has 0 aliphatic heterocycles. The first-order valence-electron chi connectivity index (χ1n) is 9.07. The lowest BCUT2D eigenvalue weighted by Crippen LogP contribution is -2.34. The number of amides is 1. The molecule has 3 rings (SSSR count). The predicted molar refractivity (Wildman–Crippen MR) is 107 cm³/mol. The summed E-state index contributed by atoms with van der Waals surface area (Å²) in [6.07, 6.45) is 0. The summed E-state index contributed by atoms with van der Waals surface area (Å²) < 4.78 is 15.8. The summed E-state index contributed by atoms with van der Waals surface area (Å²) in [6, 6.07) is 13.9. The van der Waals surface area contributed by atoms with E-state index in [9.17, 15) is 14.4 Å². The SMILES string of the molecule is Cc1ccc2c(COC(=O)CNC(=O)COc3ccccc3)cc(=O)oc2c1C. The molecular weight excluding hydrogens is 374 g/mol. The standard InChI is InChI=1S/C22H21NO6/c1-14-8-9-18-16(10-20(25)29-22(18)15(14)2)12-28-21(26)11-23-19(24)13-27-17-6-4-3-5-7-17/h3-10H,11-13H2,1-2H3,(H,23,24). The van der Waals surface area contributed by atoms with Crippen molar-refractivity contribution in [1.29, 1.82) is 0 Å². The van der Waals surface area contributed by atoms with Crippen molar-refractivity contribution in [3.63, 3.8) is 0 Å². The van der Waals surface area contributed by atoms with Gasteiger partial charge in [-0.3, -0.25) is 9.59 Å². The third-order valence-electron chi connectivity index (χ3n) is 4.45. The molecule has 3 aromatic rings. The number of carbonyl (C=O) groups excluding carboxylic acids is 2. The van der Waals surface area contributed by atoms with E-state index in [0.717, 1.165) is 11.1 Å². The van der Waals surface area contributed by atoms with Gasteiger partial charge >= 0.3 is 11.6 Å². The second-order valence-electron chi connectivity index (χ2n) is 6.51. The highest BCUT2D eigenvalue weighted by Crippen LogP contribution is 2.23. The van der Waals surface area contributed by atoms with Crippen LogP contribution in [0.25, 0.3) is 11.0 Å².